The molecule has 0 unspecified atom stereocenters. The van der Waals surface area contributed by atoms with Crippen LogP contribution < -0.4 is 0 Å². The number of pyridine rings is 1. The first-order valence-electron chi connectivity index (χ1n) is 15.4. The third kappa shape index (κ3) is 4.01. The summed E-state index contributed by atoms with van der Waals surface area (Å²) in [5.41, 5.74) is 11.2. The Morgan fingerprint density at radius 1 is 0.467 bits per heavy atom. The lowest BCUT2D eigenvalue weighted by Crippen LogP contribution is -2.14. The molecule has 0 radical (unpaired) electrons. The second-order valence-electron chi connectivity index (χ2n) is 12.5. The molecule has 0 atom stereocenters. The molecule has 6 aromatic carbocycles. The largest absolute Gasteiger partial charge is 0.255 e. The van der Waals surface area contributed by atoms with Crippen LogP contribution in [0.4, 0.5) is 0 Å². The highest BCUT2D eigenvalue weighted by molar-refractivity contribution is 6.10. The van der Waals surface area contributed by atoms with Crippen molar-refractivity contribution in [3.05, 3.63) is 151 Å². The molecule has 0 fully saturated rings. The Hall–Kier alpha value is -5.67. The Kier molecular flexibility index (Phi) is 5.54. The summed E-state index contributed by atoms with van der Waals surface area (Å²) in [6.07, 6.45) is 1.83. The molecule has 0 aliphatic heterocycles. The van der Waals surface area contributed by atoms with E-state index in [1.807, 2.05) is 30.5 Å². The van der Waals surface area contributed by atoms with Crippen LogP contribution in [0.5, 0.6) is 0 Å². The first-order chi connectivity index (χ1) is 22.0. The zero-order valence-electron chi connectivity index (χ0n) is 25.1. The zero-order chi connectivity index (χ0) is 30.1. The fourth-order valence-electron chi connectivity index (χ4n) is 7.18. The van der Waals surface area contributed by atoms with Crippen molar-refractivity contribution < 1.29 is 0 Å². The summed E-state index contributed by atoms with van der Waals surface area (Å²) < 4.78 is 0. The van der Waals surface area contributed by atoms with Crippen LogP contribution in [-0.4, -0.2) is 15.0 Å². The second-order valence-corrected chi connectivity index (χ2v) is 12.5. The number of rotatable bonds is 3. The van der Waals surface area contributed by atoms with Gasteiger partial charge in [-0.15, -0.1) is 0 Å². The van der Waals surface area contributed by atoms with Gasteiger partial charge in [-0.05, 0) is 80.2 Å². The quantitative estimate of drug-likeness (QED) is 0.197. The van der Waals surface area contributed by atoms with Gasteiger partial charge >= 0.3 is 0 Å². The van der Waals surface area contributed by atoms with Gasteiger partial charge in [0.15, 0.2) is 5.82 Å². The van der Waals surface area contributed by atoms with Gasteiger partial charge in [0.25, 0.3) is 0 Å². The molecule has 0 bridgehead atoms. The normalized spacial score (nSPS) is 13.3. The maximum Gasteiger partial charge on any atom is 0.162 e. The maximum absolute atomic E-state index is 5.16. The number of aromatic nitrogens is 3. The highest BCUT2D eigenvalue weighted by atomic mass is 14.9. The second kappa shape index (κ2) is 9.67. The highest BCUT2D eigenvalue weighted by Crippen LogP contribution is 2.50. The van der Waals surface area contributed by atoms with Gasteiger partial charge in [-0.2, -0.15) is 0 Å². The smallest absolute Gasteiger partial charge is 0.162 e. The summed E-state index contributed by atoms with van der Waals surface area (Å²) in [5, 5.41) is 6.07. The molecule has 0 saturated carbocycles. The van der Waals surface area contributed by atoms with Crippen LogP contribution in [0.1, 0.15) is 25.0 Å². The van der Waals surface area contributed by atoms with E-state index in [1.165, 1.54) is 43.8 Å². The van der Waals surface area contributed by atoms with Gasteiger partial charge in [0.1, 0.15) is 0 Å². The molecule has 2 aromatic heterocycles. The van der Waals surface area contributed by atoms with Crippen molar-refractivity contribution in [2.75, 3.05) is 0 Å². The van der Waals surface area contributed by atoms with Crippen LogP contribution in [0, 0.1) is 0 Å². The van der Waals surface area contributed by atoms with Crippen LogP contribution >= 0.6 is 0 Å². The van der Waals surface area contributed by atoms with E-state index >= 15 is 0 Å². The summed E-state index contributed by atoms with van der Waals surface area (Å²) in [7, 11) is 0. The van der Waals surface area contributed by atoms with Crippen molar-refractivity contribution in [2.24, 2.45) is 0 Å². The lowest BCUT2D eigenvalue weighted by atomic mass is 9.81. The van der Waals surface area contributed by atoms with E-state index in [4.69, 9.17) is 15.0 Å². The third-order valence-corrected chi connectivity index (χ3v) is 9.50. The minimum atomic E-state index is -0.0378. The van der Waals surface area contributed by atoms with E-state index in [0.29, 0.717) is 5.82 Å². The molecule has 2 heterocycles. The Balaban J connectivity index is 1.23. The van der Waals surface area contributed by atoms with Crippen molar-refractivity contribution in [3.8, 4) is 45.0 Å². The molecular formula is C42H29N3. The number of hydrogen-bond donors (Lipinski definition) is 0. The minimum absolute atomic E-state index is 0.0378. The van der Waals surface area contributed by atoms with Crippen LogP contribution in [0.25, 0.3) is 77.5 Å². The van der Waals surface area contributed by atoms with Crippen LogP contribution in [0.3, 0.4) is 0 Å². The molecule has 1 aliphatic carbocycles. The van der Waals surface area contributed by atoms with E-state index < -0.39 is 0 Å². The van der Waals surface area contributed by atoms with Gasteiger partial charge in [0.05, 0.1) is 16.9 Å². The van der Waals surface area contributed by atoms with E-state index in [2.05, 4.69) is 123 Å². The fraction of sp³-hybridized carbons (Fsp3) is 0.0714. The highest BCUT2D eigenvalue weighted by Gasteiger charge is 2.35. The minimum Gasteiger partial charge on any atom is -0.255 e. The maximum atomic E-state index is 5.16. The molecule has 1 aliphatic rings. The van der Waals surface area contributed by atoms with E-state index in [1.54, 1.807) is 0 Å². The number of hydrogen-bond acceptors (Lipinski definition) is 3. The topological polar surface area (TPSA) is 38.7 Å². The molecule has 45 heavy (non-hydrogen) atoms. The predicted molar refractivity (Wildman–Crippen MR) is 186 cm³/mol. The monoisotopic (exact) mass is 575 g/mol. The number of nitrogens with zero attached hydrogens (tertiary/aromatic N) is 3. The van der Waals surface area contributed by atoms with Gasteiger partial charge in [-0.3, -0.25) is 4.98 Å². The zero-order valence-corrected chi connectivity index (χ0v) is 25.1. The summed E-state index contributed by atoms with van der Waals surface area (Å²) in [6.45, 7) is 4.68. The van der Waals surface area contributed by atoms with Gasteiger partial charge in [0.2, 0.25) is 0 Å². The van der Waals surface area contributed by atoms with Crippen LogP contribution in [-0.2, 0) is 5.41 Å². The molecule has 8 aromatic rings. The van der Waals surface area contributed by atoms with E-state index in [0.717, 1.165) is 39.0 Å². The fourth-order valence-corrected chi connectivity index (χ4v) is 7.18. The summed E-state index contributed by atoms with van der Waals surface area (Å²) in [5.74, 6) is 0.673. The summed E-state index contributed by atoms with van der Waals surface area (Å²) in [4.78, 5) is 14.9. The van der Waals surface area contributed by atoms with Crippen LogP contribution in [0.2, 0.25) is 0 Å². The van der Waals surface area contributed by atoms with E-state index in [-0.39, 0.29) is 5.41 Å². The molecule has 0 amide bonds. The molecule has 0 N–H and O–H groups in total. The standard InChI is InChI=1S/C42H29N3/c1-42(2)36-16-7-6-14-32(36)35-23-29-18-17-28-22-30(19-20-31(28)34(29)24-37(35)42)39-25-38(26-10-4-3-5-11-26)44-41(45-39)33-15-8-12-27-13-9-21-43-40(27)33/h3-25H,1-2H3. The average Bonchev–Trinajstić information content (AvgIpc) is 3.32. The summed E-state index contributed by atoms with van der Waals surface area (Å²) >= 11 is 0. The van der Waals surface area contributed by atoms with E-state index in [9.17, 15) is 0 Å². The average molecular weight is 576 g/mol. The lowest BCUT2D eigenvalue weighted by Gasteiger charge is -2.22. The SMILES string of the molecule is CC1(C)c2ccccc2-c2cc3ccc4cc(-c5cc(-c6ccccc6)nc(-c6cccc7cccnc67)n5)ccc4c3cc21. The Bertz CT molecular complexity index is 2450. The third-order valence-electron chi connectivity index (χ3n) is 9.50. The first-order valence-corrected chi connectivity index (χ1v) is 15.4. The van der Waals surface area contributed by atoms with Crippen molar-refractivity contribution in [3.63, 3.8) is 0 Å². The molecule has 9 rings (SSSR count). The molecule has 3 nitrogen and oxygen atoms in total. The molecule has 0 spiro atoms. The molecular weight excluding hydrogens is 546 g/mol. The Labute approximate surface area is 261 Å². The first kappa shape index (κ1) is 25.8. The molecule has 0 saturated heterocycles. The van der Waals surface area contributed by atoms with Gasteiger partial charge in [-0.1, -0.05) is 111 Å². The predicted octanol–water partition coefficient (Wildman–Crippen LogP) is 10.6. The van der Waals surface area contributed by atoms with Gasteiger partial charge < -0.3 is 0 Å². The lowest BCUT2D eigenvalue weighted by molar-refractivity contribution is 0.661. The Morgan fingerprint density at radius 2 is 1.20 bits per heavy atom. The van der Waals surface area contributed by atoms with Crippen LogP contribution in [0.15, 0.2) is 140 Å². The Morgan fingerprint density at radius 3 is 2.07 bits per heavy atom. The van der Waals surface area contributed by atoms with Gasteiger partial charge in [0, 0.05) is 33.7 Å². The van der Waals surface area contributed by atoms with Gasteiger partial charge in [-0.25, -0.2) is 9.97 Å². The van der Waals surface area contributed by atoms with Crippen molar-refractivity contribution >= 4 is 32.4 Å². The number of benzene rings is 6. The van der Waals surface area contributed by atoms with Crippen molar-refractivity contribution in [1.29, 1.82) is 0 Å². The van der Waals surface area contributed by atoms with Crippen molar-refractivity contribution in [2.45, 2.75) is 19.3 Å². The number of para-hydroxylation sites is 1. The molecule has 3 heteroatoms. The molecule has 212 valence electrons. The summed E-state index contributed by atoms with van der Waals surface area (Å²) in [6, 6.07) is 47.6. The number of fused-ring (bicyclic) bond motifs is 7. The van der Waals surface area contributed by atoms with Crippen molar-refractivity contribution in [1.82, 2.24) is 15.0 Å².